The van der Waals surface area contributed by atoms with Crippen molar-refractivity contribution in [1.82, 2.24) is 4.98 Å². The van der Waals surface area contributed by atoms with Gasteiger partial charge in [-0.05, 0) is 17.4 Å². The first-order valence-electron chi connectivity index (χ1n) is 6.22. The van der Waals surface area contributed by atoms with E-state index >= 15 is 0 Å². The quantitative estimate of drug-likeness (QED) is 0.763. The van der Waals surface area contributed by atoms with E-state index in [1.807, 2.05) is 11.4 Å². The predicted octanol–water partition coefficient (Wildman–Crippen LogP) is 3.10. The highest BCUT2D eigenvalue weighted by atomic mass is 32.1. The number of nitrogens with two attached hydrogens (primary N) is 1. The maximum absolute atomic E-state index is 10.8. The van der Waals surface area contributed by atoms with Crippen molar-refractivity contribution in [2.24, 2.45) is 11.7 Å². The second-order valence-electron chi connectivity index (χ2n) is 4.77. The van der Waals surface area contributed by atoms with E-state index in [1.165, 1.54) is 16.2 Å². The third kappa shape index (κ3) is 3.36. The van der Waals surface area contributed by atoms with Gasteiger partial charge in [0.15, 0.2) is 5.13 Å². The van der Waals surface area contributed by atoms with E-state index in [0.717, 1.165) is 0 Å². The van der Waals surface area contributed by atoms with E-state index in [1.54, 1.807) is 16.7 Å². The average Bonchev–Trinajstić information content (AvgIpc) is 3.05. The lowest BCUT2D eigenvalue weighted by atomic mass is 10.0. The molecule has 0 radical (unpaired) electrons. The van der Waals surface area contributed by atoms with Gasteiger partial charge in [-0.2, -0.15) is 0 Å². The first-order valence-corrected chi connectivity index (χ1v) is 7.98. The van der Waals surface area contributed by atoms with Crippen molar-refractivity contribution >= 4 is 33.8 Å². The average molecular weight is 311 g/mol. The Balaban J connectivity index is 2.14. The fourth-order valence-corrected chi connectivity index (χ4v) is 3.52. The van der Waals surface area contributed by atoms with Gasteiger partial charge in [-0.3, -0.25) is 4.79 Å². The Bertz CT molecular complexity index is 566. The van der Waals surface area contributed by atoms with Gasteiger partial charge in [0.25, 0.3) is 0 Å². The van der Waals surface area contributed by atoms with Crippen LogP contribution in [0.25, 0.3) is 0 Å². The van der Waals surface area contributed by atoms with Gasteiger partial charge in [0.05, 0.1) is 11.7 Å². The van der Waals surface area contributed by atoms with Crippen LogP contribution in [0.1, 0.15) is 36.5 Å². The van der Waals surface area contributed by atoms with Gasteiger partial charge < -0.3 is 16.2 Å². The van der Waals surface area contributed by atoms with Crippen molar-refractivity contribution in [3.05, 3.63) is 33.5 Å². The predicted molar refractivity (Wildman–Crippen MR) is 82.2 cm³/mol. The first-order chi connectivity index (χ1) is 9.49. The summed E-state index contributed by atoms with van der Waals surface area (Å²) in [6, 6.07) is 3.20. The molecule has 0 aromatic carbocycles. The molecule has 0 saturated heterocycles. The summed E-state index contributed by atoms with van der Waals surface area (Å²) in [5.74, 6) is -0.672. The summed E-state index contributed by atoms with van der Waals surface area (Å²) in [6.45, 7) is 4.27. The summed E-state index contributed by atoms with van der Waals surface area (Å²) in [6.07, 6.45) is 0. The summed E-state index contributed by atoms with van der Waals surface area (Å²) in [7, 11) is 0. The van der Waals surface area contributed by atoms with E-state index in [4.69, 9.17) is 10.8 Å². The number of aliphatic carboxylic acids is 1. The number of aromatic nitrogens is 1. The normalized spacial score (nSPS) is 14.2. The van der Waals surface area contributed by atoms with Crippen LogP contribution in [0.2, 0.25) is 0 Å². The van der Waals surface area contributed by atoms with Crippen molar-refractivity contribution in [3.63, 3.8) is 0 Å². The highest BCUT2D eigenvalue weighted by Crippen LogP contribution is 2.31. The van der Waals surface area contributed by atoms with Gasteiger partial charge in [0, 0.05) is 10.3 Å². The second-order valence-corrected chi connectivity index (χ2v) is 6.61. The molecule has 2 atom stereocenters. The summed E-state index contributed by atoms with van der Waals surface area (Å²) >= 11 is 3.07. The van der Waals surface area contributed by atoms with Gasteiger partial charge in [0.2, 0.25) is 0 Å². The minimum absolute atomic E-state index is 0.162. The van der Waals surface area contributed by atoms with Crippen LogP contribution in [0, 0.1) is 5.92 Å². The van der Waals surface area contributed by atoms with Gasteiger partial charge >= 0.3 is 5.97 Å². The first kappa shape index (κ1) is 15.0. The summed E-state index contributed by atoms with van der Waals surface area (Å²) < 4.78 is 0. The van der Waals surface area contributed by atoms with Crippen LogP contribution in [0.5, 0.6) is 0 Å². The zero-order valence-corrected chi connectivity index (χ0v) is 12.9. The van der Waals surface area contributed by atoms with Crippen LogP contribution in [0.4, 0.5) is 5.13 Å². The highest BCUT2D eigenvalue weighted by Gasteiger charge is 2.21. The lowest BCUT2D eigenvalue weighted by Gasteiger charge is -2.20. The molecule has 2 rings (SSSR count). The van der Waals surface area contributed by atoms with Crippen molar-refractivity contribution in [2.45, 2.75) is 25.9 Å². The molecule has 0 amide bonds. The molecule has 108 valence electrons. The summed E-state index contributed by atoms with van der Waals surface area (Å²) in [4.78, 5) is 16.4. The lowest BCUT2D eigenvalue weighted by Crippen LogP contribution is -2.21. The third-order valence-corrected chi connectivity index (χ3v) is 4.65. The van der Waals surface area contributed by atoms with Crippen LogP contribution in [0.3, 0.4) is 0 Å². The molecule has 2 aromatic heterocycles. The van der Waals surface area contributed by atoms with E-state index in [2.05, 4.69) is 30.2 Å². The molecule has 0 aliphatic rings. The maximum Gasteiger partial charge on any atom is 0.326 e. The highest BCUT2D eigenvalue weighted by molar-refractivity contribution is 7.13. The molecule has 0 aliphatic heterocycles. The molecule has 0 aliphatic carbocycles. The molecule has 7 heteroatoms. The molecule has 2 heterocycles. The molecule has 4 N–H and O–H groups in total. The number of thiophene rings is 1. The van der Waals surface area contributed by atoms with E-state index in [9.17, 15) is 4.79 Å². The van der Waals surface area contributed by atoms with E-state index < -0.39 is 12.0 Å². The number of carbonyl (C=O) groups is 1. The van der Waals surface area contributed by atoms with Crippen LogP contribution in [-0.2, 0) is 4.79 Å². The number of nitrogens with one attached hydrogen (secondary N) is 1. The molecule has 0 bridgehead atoms. The number of anilines is 1. The monoisotopic (exact) mass is 311 g/mol. The Labute approximate surface area is 125 Å². The van der Waals surface area contributed by atoms with Gasteiger partial charge in [-0.1, -0.05) is 19.9 Å². The van der Waals surface area contributed by atoms with Gasteiger partial charge in [-0.15, -0.1) is 22.7 Å². The molecule has 5 nitrogen and oxygen atoms in total. The number of hydrogen-bond donors (Lipinski definition) is 3. The smallest absolute Gasteiger partial charge is 0.326 e. The van der Waals surface area contributed by atoms with E-state index in [-0.39, 0.29) is 6.04 Å². The molecule has 2 unspecified atom stereocenters. The number of carboxylic acid groups (broad SMARTS) is 1. The molecular formula is C13H17N3O2S2. The fourth-order valence-electron chi connectivity index (χ4n) is 1.79. The Morgan fingerprint density at radius 3 is 2.75 bits per heavy atom. The summed E-state index contributed by atoms with van der Waals surface area (Å²) in [5, 5.41) is 16.7. The molecule has 0 fully saturated rings. The van der Waals surface area contributed by atoms with E-state index in [0.29, 0.717) is 16.7 Å². The summed E-state index contributed by atoms with van der Waals surface area (Å²) in [5.41, 5.74) is 5.94. The van der Waals surface area contributed by atoms with Crippen LogP contribution >= 0.6 is 22.7 Å². The Morgan fingerprint density at radius 1 is 1.45 bits per heavy atom. The zero-order valence-electron chi connectivity index (χ0n) is 11.2. The number of hydrogen-bond acceptors (Lipinski definition) is 6. The van der Waals surface area contributed by atoms with Crippen LogP contribution < -0.4 is 11.1 Å². The van der Waals surface area contributed by atoms with Crippen LogP contribution in [-0.4, -0.2) is 16.1 Å². The third-order valence-electron chi connectivity index (χ3n) is 2.90. The van der Waals surface area contributed by atoms with Crippen molar-refractivity contribution in [3.8, 4) is 0 Å². The Kier molecular flexibility index (Phi) is 4.74. The lowest BCUT2D eigenvalue weighted by molar-refractivity contribution is -0.138. The second kappa shape index (κ2) is 6.34. The number of thiazole rings is 1. The molecular weight excluding hydrogens is 294 g/mol. The Morgan fingerprint density at radius 2 is 2.20 bits per heavy atom. The Hall–Kier alpha value is -1.44. The fraction of sp³-hybridized carbons (Fsp3) is 0.385. The van der Waals surface area contributed by atoms with Gasteiger partial charge in [0.1, 0.15) is 6.04 Å². The minimum atomic E-state index is -1.07. The molecule has 0 saturated carbocycles. The standard InChI is InChI=1S/C13H17N3O2S2/c1-7(2)11(9-4-3-5-19-9)16-13-15-8(6-20-13)10(14)12(17)18/h3-7,10-11H,14H2,1-2H3,(H,15,16)(H,17,18). The number of nitrogens with zero attached hydrogens (tertiary/aromatic N) is 1. The van der Waals surface area contributed by atoms with Gasteiger partial charge in [-0.25, -0.2) is 4.98 Å². The largest absolute Gasteiger partial charge is 0.480 e. The molecule has 2 aromatic rings. The zero-order chi connectivity index (χ0) is 14.7. The molecule has 0 spiro atoms. The van der Waals surface area contributed by atoms with Crippen molar-refractivity contribution in [1.29, 1.82) is 0 Å². The van der Waals surface area contributed by atoms with Crippen LogP contribution in [0.15, 0.2) is 22.9 Å². The molecule has 20 heavy (non-hydrogen) atoms. The topological polar surface area (TPSA) is 88.2 Å². The SMILES string of the molecule is CC(C)C(Nc1nc(C(N)C(=O)O)cs1)c1cccs1. The minimum Gasteiger partial charge on any atom is -0.480 e. The maximum atomic E-state index is 10.8. The number of carboxylic acids is 1. The van der Waals surface area contributed by atoms with Crippen molar-refractivity contribution in [2.75, 3.05) is 5.32 Å². The number of rotatable bonds is 6. The van der Waals surface area contributed by atoms with Crippen molar-refractivity contribution < 1.29 is 9.90 Å².